The number of thiazole rings is 1. The summed E-state index contributed by atoms with van der Waals surface area (Å²) in [4.78, 5) is 53.5. The first-order chi connectivity index (χ1) is 18.6. The van der Waals surface area contributed by atoms with Crippen LogP contribution in [-0.4, -0.2) is 86.1 Å². The van der Waals surface area contributed by atoms with E-state index in [9.17, 15) is 19.5 Å². The molecule has 4 heterocycles. The lowest BCUT2D eigenvalue weighted by Crippen LogP contribution is -2.74. The predicted molar refractivity (Wildman–Crippen MR) is 149 cm³/mol. The van der Waals surface area contributed by atoms with Crippen molar-refractivity contribution in [2.75, 3.05) is 48.0 Å². The van der Waals surface area contributed by atoms with Crippen LogP contribution in [0.25, 0.3) is 0 Å². The Hall–Kier alpha value is -3.31. The molecule has 2 amide bonds. The lowest BCUT2D eigenvalue weighted by molar-refractivity contribution is -0.699. The number of nitrogens with two attached hydrogens (primary N) is 2. The number of hydrogen-bond acceptors (Lipinski definition) is 13. The molecule has 2 unspecified atom stereocenters. The number of nitrogens with one attached hydrogen (secondary N) is 2. The summed E-state index contributed by atoms with van der Waals surface area (Å²) in [7, 11) is 1.82. The SMILES string of the molecule is CCNc1cc(N)nc(SCC2(C(=O)O)CS[C@@H]3C(NC(=O)C(=NOCC)c4csc(N)n4)C(=O)N3C2)[n+]1C. The van der Waals surface area contributed by atoms with Crippen LogP contribution in [0.15, 0.2) is 21.8 Å². The lowest BCUT2D eigenvalue weighted by Gasteiger charge is -2.53. The number of carbonyl (C=O) groups is 3. The Morgan fingerprint density at radius 2 is 2.15 bits per heavy atom. The molecule has 4 rings (SSSR count). The minimum absolute atomic E-state index is 0.00676. The fourth-order valence-corrected chi connectivity index (χ4v) is 7.49. The Kier molecular flexibility index (Phi) is 8.70. The van der Waals surface area contributed by atoms with Crippen LogP contribution in [0, 0.1) is 5.41 Å². The first-order valence-corrected chi connectivity index (χ1v) is 14.9. The van der Waals surface area contributed by atoms with E-state index in [1.54, 1.807) is 18.4 Å². The van der Waals surface area contributed by atoms with Gasteiger partial charge in [0.15, 0.2) is 10.8 Å². The monoisotopic (exact) mass is 596 g/mol. The molecular weight excluding hydrogens is 567 g/mol. The maximum absolute atomic E-state index is 13.1. The molecule has 17 heteroatoms. The zero-order valence-electron chi connectivity index (χ0n) is 21.5. The maximum Gasteiger partial charge on any atom is 0.313 e. The number of amides is 2. The molecular formula is C22H30N9O5S3+. The summed E-state index contributed by atoms with van der Waals surface area (Å²) in [5, 5.41) is 21.9. The van der Waals surface area contributed by atoms with Gasteiger partial charge in [0.05, 0.1) is 19.7 Å². The second kappa shape index (κ2) is 11.8. The number of thioether (sulfide) groups is 2. The second-order valence-corrected chi connectivity index (χ2v) is 11.8. The van der Waals surface area contributed by atoms with Crippen molar-refractivity contribution in [3.63, 3.8) is 0 Å². The molecule has 0 aliphatic carbocycles. The molecule has 2 fully saturated rings. The third-order valence-electron chi connectivity index (χ3n) is 6.14. The van der Waals surface area contributed by atoms with Gasteiger partial charge >= 0.3 is 11.1 Å². The maximum atomic E-state index is 13.1. The largest absolute Gasteiger partial charge is 0.481 e. The summed E-state index contributed by atoms with van der Waals surface area (Å²) in [6.45, 7) is 4.60. The van der Waals surface area contributed by atoms with Gasteiger partial charge in [-0.15, -0.1) is 23.1 Å². The number of β-lactam (4-membered cyclic amide) rings is 1. The van der Waals surface area contributed by atoms with Gasteiger partial charge in [-0.25, -0.2) is 9.55 Å². The first-order valence-electron chi connectivity index (χ1n) is 12.0. The predicted octanol–water partition coefficient (Wildman–Crippen LogP) is -0.0374. The molecule has 39 heavy (non-hydrogen) atoms. The number of oxime groups is 1. The van der Waals surface area contributed by atoms with Crippen LogP contribution < -0.4 is 26.7 Å². The second-order valence-electron chi connectivity index (χ2n) is 8.86. The Morgan fingerprint density at radius 1 is 1.38 bits per heavy atom. The van der Waals surface area contributed by atoms with E-state index in [1.807, 2.05) is 18.5 Å². The summed E-state index contributed by atoms with van der Waals surface area (Å²) in [6.07, 6.45) is 0. The van der Waals surface area contributed by atoms with Gasteiger partial charge in [0, 0.05) is 23.4 Å². The molecule has 2 aliphatic heterocycles. The Bertz CT molecular complexity index is 1310. The molecule has 2 aromatic rings. The molecule has 0 saturated carbocycles. The summed E-state index contributed by atoms with van der Waals surface area (Å²) in [5.41, 5.74) is 10.6. The summed E-state index contributed by atoms with van der Waals surface area (Å²) < 4.78 is 1.82. The molecule has 2 aliphatic rings. The minimum atomic E-state index is -1.21. The molecule has 210 valence electrons. The van der Waals surface area contributed by atoms with E-state index in [1.165, 1.54) is 28.4 Å². The molecule has 2 aromatic heterocycles. The van der Waals surface area contributed by atoms with Crippen molar-refractivity contribution in [1.82, 2.24) is 20.2 Å². The number of carboxylic acids is 1. The number of anilines is 3. The normalized spacial score (nSPS) is 22.6. The van der Waals surface area contributed by atoms with E-state index in [0.29, 0.717) is 17.5 Å². The van der Waals surface area contributed by atoms with E-state index in [0.717, 1.165) is 17.2 Å². The highest BCUT2D eigenvalue weighted by molar-refractivity contribution is 8.00. The number of aromatic nitrogens is 3. The molecule has 0 spiro atoms. The highest BCUT2D eigenvalue weighted by atomic mass is 32.2. The molecule has 0 bridgehead atoms. The number of nitrogen functional groups attached to an aromatic ring is 2. The minimum Gasteiger partial charge on any atom is -0.481 e. The molecule has 14 nitrogen and oxygen atoms in total. The molecule has 0 radical (unpaired) electrons. The van der Waals surface area contributed by atoms with E-state index in [4.69, 9.17) is 16.3 Å². The topological polar surface area (TPSA) is 202 Å². The third-order valence-corrected chi connectivity index (χ3v) is 9.72. The molecule has 2 saturated heterocycles. The van der Waals surface area contributed by atoms with Gasteiger partial charge in [-0.05, 0) is 13.8 Å². The van der Waals surface area contributed by atoms with Gasteiger partial charge in [-0.3, -0.25) is 14.4 Å². The Balaban J connectivity index is 1.45. The van der Waals surface area contributed by atoms with E-state index in [-0.39, 0.29) is 47.1 Å². The smallest absolute Gasteiger partial charge is 0.313 e. The number of rotatable bonds is 11. The zero-order valence-corrected chi connectivity index (χ0v) is 24.0. The highest BCUT2D eigenvalue weighted by Gasteiger charge is 2.57. The van der Waals surface area contributed by atoms with Crippen molar-refractivity contribution >= 4 is 75.1 Å². The number of aliphatic carboxylic acids is 1. The number of carbonyl (C=O) groups excluding carboxylic acids is 2. The Morgan fingerprint density at radius 3 is 2.79 bits per heavy atom. The lowest BCUT2D eigenvalue weighted by atomic mass is 9.89. The summed E-state index contributed by atoms with van der Waals surface area (Å²) >= 11 is 3.73. The Labute approximate surface area is 236 Å². The van der Waals surface area contributed by atoms with Crippen LogP contribution in [0.2, 0.25) is 0 Å². The molecule has 3 atom stereocenters. The van der Waals surface area contributed by atoms with Crippen molar-refractivity contribution in [3.8, 4) is 0 Å². The fourth-order valence-electron chi connectivity index (χ4n) is 4.09. The van der Waals surface area contributed by atoms with Gasteiger partial charge in [-0.1, -0.05) is 21.9 Å². The standard InChI is InChI=1S/C22H29N9O5S3/c1-4-25-13-6-12(23)27-21(30(13)3)39-10-22(19(34)35)8-31-17(33)15(18(31)38-9-22)28-16(32)14(29-36-5-2)11-7-37-20(24)26-11/h6-7,15,18H,4-5,8-10H2,1-3H3,(H6,23,24,25,26,28,32,34,35)/p+1/t15?,18-,22?/m1/s1. The van der Waals surface area contributed by atoms with Crippen LogP contribution in [0.1, 0.15) is 19.5 Å². The molecule has 7 N–H and O–H groups in total. The van der Waals surface area contributed by atoms with Crippen molar-refractivity contribution in [1.29, 1.82) is 0 Å². The number of hydrogen-bond donors (Lipinski definition) is 5. The van der Waals surface area contributed by atoms with E-state index < -0.39 is 28.7 Å². The number of nitrogens with zero attached hydrogens (tertiary/aromatic N) is 5. The zero-order chi connectivity index (χ0) is 28.3. The van der Waals surface area contributed by atoms with Crippen molar-refractivity contribution in [3.05, 3.63) is 17.1 Å². The highest BCUT2D eigenvalue weighted by Crippen LogP contribution is 2.44. The number of carboxylic acid groups (broad SMARTS) is 1. The van der Waals surface area contributed by atoms with Crippen LogP contribution >= 0.6 is 34.9 Å². The number of fused-ring (bicyclic) bond motifs is 1. The molecule has 0 aromatic carbocycles. The van der Waals surface area contributed by atoms with Crippen LogP contribution in [0.3, 0.4) is 0 Å². The van der Waals surface area contributed by atoms with Gasteiger partial charge < -0.3 is 36.9 Å². The van der Waals surface area contributed by atoms with Crippen LogP contribution in [-0.2, 0) is 26.3 Å². The van der Waals surface area contributed by atoms with E-state index >= 15 is 0 Å². The van der Waals surface area contributed by atoms with Gasteiger partial charge in [0.2, 0.25) is 17.5 Å². The summed E-state index contributed by atoms with van der Waals surface area (Å²) in [6, 6.07) is 0.878. The van der Waals surface area contributed by atoms with Crippen molar-refractivity contribution in [2.45, 2.75) is 30.4 Å². The average molecular weight is 597 g/mol. The average Bonchev–Trinajstić information content (AvgIpc) is 3.34. The van der Waals surface area contributed by atoms with Crippen LogP contribution in [0.5, 0.6) is 0 Å². The van der Waals surface area contributed by atoms with E-state index in [2.05, 4.69) is 25.8 Å². The van der Waals surface area contributed by atoms with Gasteiger partial charge in [0.1, 0.15) is 29.1 Å². The third kappa shape index (κ3) is 5.84. The van der Waals surface area contributed by atoms with Crippen molar-refractivity contribution < 1.29 is 28.9 Å². The van der Waals surface area contributed by atoms with Crippen LogP contribution in [0.4, 0.5) is 16.8 Å². The van der Waals surface area contributed by atoms with Crippen molar-refractivity contribution in [2.24, 2.45) is 17.6 Å². The summed E-state index contributed by atoms with van der Waals surface area (Å²) in [5.74, 6) is -0.509. The first kappa shape index (κ1) is 28.7. The van der Waals surface area contributed by atoms with Gasteiger partial charge in [0.25, 0.3) is 5.91 Å². The quantitative estimate of drug-likeness (QED) is 0.0579. The van der Waals surface area contributed by atoms with Gasteiger partial charge in [-0.2, -0.15) is 0 Å². The fraction of sp³-hybridized carbons (Fsp3) is 0.500.